The fourth-order valence-corrected chi connectivity index (χ4v) is 3.46. The Labute approximate surface area is 185 Å². The number of aryl methyl sites for hydroxylation is 1. The topological polar surface area (TPSA) is 26.3 Å². The highest BCUT2D eigenvalue weighted by Crippen LogP contribution is 2.28. The van der Waals surface area contributed by atoms with Gasteiger partial charge in [-0.15, -0.1) is 0 Å². The standard InChI is InChI=1S/C28H44O2/c1-5-6-7-8-9-10-11-12-13-14-15-16-17-18-19-20-28(29)30-27-23-25(4)21-22-26(27)24(2)3/h9-10,12-13,21-24H,5-8,11,14-20H2,1-4H3/b10-9-,13-12-. The molecule has 0 atom stereocenters. The Bertz CT molecular complexity index is 640. The minimum Gasteiger partial charge on any atom is -0.426 e. The van der Waals surface area contributed by atoms with Gasteiger partial charge in [0.1, 0.15) is 5.75 Å². The van der Waals surface area contributed by atoms with Crippen LogP contribution in [0, 0.1) is 6.92 Å². The molecular formula is C28H44O2. The van der Waals surface area contributed by atoms with E-state index in [2.05, 4.69) is 57.2 Å². The lowest BCUT2D eigenvalue weighted by Gasteiger charge is -2.13. The van der Waals surface area contributed by atoms with Crippen LogP contribution in [0.5, 0.6) is 5.75 Å². The van der Waals surface area contributed by atoms with Gasteiger partial charge >= 0.3 is 5.97 Å². The quantitative estimate of drug-likeness (QED) is 0.117. The van der Waals surface area contributed by atoms with Crippen LogP contribution in [0.4, 0.5) is 0 Å². The number of unbranched alkanes of at least 4 members (excludes halogenated alkanes) is 8. The van der Waals surface area contributed by atoms with Gasteiger partial charge in [0.15, 0.2) is 0 Å². The second-order valence-corrected chi connectivity index (χ2v) is 8.65. The molecule has 168 valence electrons. The van der Waals surface area contributed by atoms with E-state index in [1.807, 2.05) is 13.0 Å². The number of carbonyl (C=O) groups excluding carboxylic acids is 1. The van der Waals surface area contributed by atoms with Gasteiger partial charge in [-0.05, 0) is 68.6 Å². The second kappa shape index (κ2) is 16.9. The summed E-state index contributed by atoms with van der Waals surface area (Å²) in [6.45, 7) is 8.53. The molecule has 0 aliphatic heterocycles. The Balaban J connectivity index is 2.06. The first-order valence-electron chi connectivity index (χ1n) is 12.2. The van der Waals surface area contributed by atoms with E-state index >= 15 is 0 Å². The Kier molecular flexibility index (Phi) is 14.8. The Morgan fingerprint density at radius 1 is 0.900 bits per heavy atom. The van der Waals surface area contributed by atoms with Crippen molar-refractivity contribution in [3.63, 3.8) is 0 Å². The number of allylic oxidation sites excluding steroid dienone is 4. The van der Waals surface area contributed by atoms with Gasteiger partial charge in [-0.2, -0.15) is 0 Å². The van der Waals surface area contributed by atoms with Crippen molar-refractivity contribution in [3.05, 3.63) is 53.6 Å². The molecule has 0 aromatic heterocycles. The number of rotatable bonds is 16. The molecular weight excluding hydrogens is 368 g/mol. The minimum absolute atomic E-state index is 0.104. The summed E-state index contributed by atoms with van der Waals surface area (Å²) in [7, 11) is 0. The molecule has 0 unspecified atom stereocenters. The van der Waals surface area contributed by atoms with Gasteiger partial charge in [0.25, 0.3) is 0 Å². The van der Waals surface area contributed by atoms with Crippen molar-refractivity contribution in [2.45, 2.75) is 111 Å². The van der Waals surface area contributed by atoms with Gasteiger partial charge in [0.2, 0.25) is 0 Å². The SMILES string of the molecule is CCCCC/C=C\C/C=C\CCCCCCCC(=O)Oc1cc(C)ccc1C(C)C. The molecule has 0 amide bonds. The van der Waals surface area contributed by atoms with Crippen molar-refractivity contribution in [1.29, 1.82) is 0 Å². The van der Waals surface area contributed by atoms with Gasteiger partial charge in [-0.1, -0.05) is 89.3 Å². The number of esters is 1. The lowest BCUT2D eigenvalue weighted by molar-refractivity contribution is -0.134. The molecule has 0 spiro atoms. The fraction of sp³-hybridized carbons (Fsp3) is 0.607. The normalized spacial score (nSPS) is 11.8. The first kappa shape index (κ1) is 26.2. The van der Waals surface area contributed by atoms with Crippen molar-refractivity contribution in [1.82, 2.24) is 0 Å². The molecule has 1 rings (SSSR count). The highest BCUT2D eigenvalue weighted by Gasteiger charge is 2.12. The van der Waals surface area contributed by atoms with Gasteiger partial charge < -0.3 is 4.74 Å². The minimum atomic E-state index is -0.104. The third-order valence-corrected chi connectivity index (χ3v) is 5.35. The van der Waals surface area contributed by atoms with Crippen molar-refractivity contribution in [2.75, 3.05) is 0 Å². The lowest BCUT2D eigenvalue weighted by Crippen LogP contribution is -2.09. The third kappa shape index (κ3) is 12.7. The maximum Gasteiger partial charge on any atom is 0.311 e. The number of hydrogen-bond acceptors (Lipinski definition) is 2. The van der Waals surface area contributed by atoms with Crippen LogP contribution in [0.1, 0.15) is 115 Å². The summed E-state index contributed by atoms with van der Waals surface area (Å²) in [5.74, 6) is 0.982. The summed E-state index contributed by atoms with van der Waals surface area (Å²) in [6, 6.07) is 6.12. The predicted molar refractivity (Wildman–Crippen MR) is 130 cm³/mol. The number of hydrogen-bond donors (Lipinski definition) is 0. The van der Waals surface area contributed by atoms with E-state index in [9.17, 15) is 4.79 Å². The van der Waals surface area contributed by atoms with E-state index in [1.54, 1.807) is 0 Å². The Hall–Kier alpha value is -1.83. The molecule has 2 heteroatoms. The van der Waals surface area contributed by atoms with Crippen LogP contribution in [-0.4, -0.2) is 5.97 Å². The average molecular weight is 413 g/mol. The van der Waals surface area contributed by atoms with E-state index in [-0.39, 0.29) is 5.97 Å². The van der Waals surface area contributed by atoms with Crippen LogP contribution < -0.4 is 4.74 Å². The van der Waals surface area contributed by atoms with Gasteiger partial charge in [-0.25, -0.2) is 0 Å². The molecule has 0 heterocycles. The zero-order valence-corrected chi connectivity index (χ0v) is 19.9. The zero-order valence-electron chi connectivity index (χ0n) is 19.9. The summed E-state index contributed by atoms with van der Waals surface area (Å²) < 4.78 is 5.65. The highest BCUT2D eigenvalue weighted by molar-refractivity contribution is 5.72. The van der Waals surface area contributed by atoms with Crippen molar-refractivity contribution >= 4 is 5.97 Å². The van der Waals surface area contributed by atoms with Crippen molar-refractivity contribution in [2.24, 2.45) is 0 Å². The van der Waals surface area contributed by atoms with E-state index in [4.69, 9.17) is 4.74 Å². The van der Waals surface area contributed by atoms with Crippen molar-refractivity contribution < 1.29 is 9.53 Å². The molecule has 0 N–H and O–H groups in total. The summed E-state index contributed by atoms with van der Waals surface area (Å²) in [6.07, 6.45) is 22.8. The number of benzene rings is 1. The molecule has 0 saturated carbocycles. The summed E-state index contributed by atoms with van der Waals surface area (Å²) in [4.78, 5) is 12.2. The number of ether oxygens (including phenoxy) is 1. The van der Waals surface area contributed by atoms with Crippen LogP contribution in [0.15, 0.2) is 42.5 Å². The fourth-order valence-electron chi connectivity index (χ4n) is 3.46. The summed E-state index contributed by atoms with van der Waals surface area (Å²) in [5.41, 5.74) is 2.23. The van der Waals surface area contributed by atoms with Crippen molar-refractivity contribution in [3.8, 4) is 5.75 Å². The smallest absolute Gasteiger partial charge is 0.311 e. The maximum atomic E-state index is 12.2. The monoisotopic (exact) mass is 412 g/mol. The molecule has 2 nitrogen and oxygen atoms in total. The number of carbonyl (C=O) groups is 1. The average Bonchev–Trinajstić information content (AvgIpc) is 2.70. The van der Waals surface area contributed by atoms with Gasteiger partial charge in [0.05, 0.1) is 0 Å². The lowest BCUT2D eigenvalue weighted by atomic mass is 10.0. The van der Waals surface area contributed by atoms with Crippen LogP contribution in [0.3, 0.4) is 0 Å². The van der Waals surface area contributed by atoms with Crippen LogP contribution in [0.25, 0.3) is 0 Å². The second-order valence-electron chi connectivity index (χ2n) is 8.65. The molecule has 0 radical (unpaired) electrons. The van der Waals surface area contributed by atoms with E-state index in [1.165, 1.54) is 44.9 Å². The van der Waals surface area contributed by atoms with Crippen LogP contribution in [-0.2, 0) is 4.79 Å². The van der Waals surface area contributed by atoms with Crippen LogP contribution in [0.2, 0.25) is 0 Å². The van der Waals surface area contributed by atoms with Gasteiger partial charge in [-0.3, -0.25) is 4.79 Å². The maximum absolute atomic E-state index is 12.2. The molecule has 0 bridgehead atoms. The zero-order chi connectivity index (χ0) is 22.0. The highest BCUT2D eigenvalue weighted by atomic mass is 16.5. The molecule has 0 aliphatic rings. The molecule has 1 aromatic rings. The molecule has 30 heavy (non-hydrogen) atoms. The first-order valence-corrected chi connectivity index (χ1v) is 12.2. The van der Waals surface area contributed by atoms with Gasteiger partial charge in [0, 0.05) is 6.42 Å². The molecule has 0 fully saturated rings. The van der Waals surface area contributed by atoms with E-state index in [0.717, 1.165) is 42.6 Å². The summed E-state index contributed by atoms with van der Waals surface area (Å²) >= 11 is 0. The molecule has 1 aromatic carbocycles. The predicted octanol–water partition coefficient (Wildman–Crippen LogP) is 8.84. The Morgan fingerprint density at radius 3 is 2.20 bits per heavy atom. The third-order valence-electron chi connectivity index (χ3n) is 5.35. The Morgan fingerprint density at radius 2 is 1.53 bits per heavy atom. The van der Waals surface area contributed by atoms with E-state index in [0.29, 0.717) is 12.3 Å². The summed E-state index contributed by atoms with van der Waals surface area (Å²) in [5, 5.41) is 0. The van der Waals surface area contributed by atoms with E-state index < -0.39 is 0 Å². The largest absolute Gasteiger partial charge is 0.426 e. The molecule has 0 saturated heterocycles. The first-order chi connectivity index (χ1) is 14.5. The molecule has 0 aliphatic carbocycles. The van der Waals surface area contributed by atoms with Crippen LogP contribution >= 0.6 is 0 Å².